The van der Waals surface area contributed by atoms with Crippen LogP contribution < -0.4 is 0 Å². The highest BCUT2D eigenvalue weighted by Crippen LogP contribution is 2.00. The fourth-order valence-corrected chi connectivity index (χ4v) is 1.12. The lowest BCUT2D eigenvalue weighted by Crippen LogP contribution is -1.70. The average molecular weight is 184 g/mol. The van der Waals surface area contributed by atoms with Gasteiger partial charge < -0.3 is 0 Å². The molecule has 0 aromatic rings. The lowest BCUT2D eigenvalue weighted by Gasteiger charge is -1.90. The highest BCUT2D eigenvalue weighted by molar-refractivity contribution is 7.80. The van der Waals surface area contributed by atoms with Gasteiger partial charge in [-0.3, -0.25) is 0 Å². The molecule has 0 amide bonds. The molecule has 0 radical (unpaired) electrons. The predicted molar refractivity (Wildman–Crippen MR) is 60.9 cm³/mol. The zero-order valence-electron chi connectivity index (χ0n) is 8.00. The number of thiol groups is 1. The van der Waals surface area contributed by atoms with Crippen molar-refractivity contribution in [1.82, 2.24) is 0 Å². The smallest absolute Gasteiger partial charge is 0.00826 e. The van der Waals surface area contributed by atoms with Crippen LogP contribution in [0, 0.1) is 0 Å². The highest BCUT2D eigenvalue weighted by atomic mass is 32.1. The summed E-state index contributed by atoms with van der Waals surface area (Å²) in [7, 11) is 0. The van der Waals surface area contributed by atoms with Crippen LogP contribution in [0.1, 0.15) is 39.0 Å². The Morgan fingerprint density at radius 1 is 1.00 bits per heavy atom. The lowest BCUT2D eigenvalue weighted by molar-refractivity contribution is 0.728. The molecule has 1 heteroatoms. The molecule has 0 rings (SSSR count). The van der Waals surface area contributed by atoms with Crippen LogP contribution in [0.2, 0.25) is 0 Å². The van der Waals surface area contributed by atoms with E-state index in [4.69, 9.17) is 0 Å². The molecule has 0 saturated carbocycles. The summed E-state index contributed by atoms with van der Waals surface area (Å²) < 4.78 is 0. The maximum atomic E-state index is 4.08. The van der Waals surface area contributed by atoms with E-state index in [-0.39, 0.29) is 0 Å². The number of hydrogen-bond donors (Lipinski definition) is 1. The second-order valence-corrected chi connectivity index (χ2v) is 3.22. The number of rotatable bonds is 7. The third-order valence-corrected chi connectivity index (χ3v) is 1.90. The molecule has 0 heterocycles. The minimum atomic E-state index is 0.851. The predicted octanol–water partition coefficient (Wildman–Crippen LogP) is 4.00. The minimum Gasteiger partial charge on any atom is -0.175 e. The first-order chi connectivity index (χ1) is 5.91. The van der Waals surface area contributed by atoms with Gasteiger partial charge >= 0.3 is 0 Å². The van der Waals surface area contributed by atoms with Crippen molar-refractivity contribution < 1.29 is 0 Å². The first-order valence-electron chi connectivity index (χ1n) is 4.82. The van der Waals surface area contributed by atoms with Crippen molar-refractivity contribution in [2.45, 2.75) is 39.0 Å². The van der Waals surface area contributed by atoms with E-state index in [1.54, 1.807) is 0 Å². The van der Waals surface area contributed by atoms with Gasteiger partial charge in [0.05, 0.1) is 0 Å². The summed E-state index contributed by atoms with van der Waals surface area (Å²) in [6.07, 6.45) is 15.1. The van der Waals surface area contributed by atoms with Gasteiger partial charge in [-0.25, -0.2) is 0 Å². The van der Waals surface area contributed by atoms with Gasteiger partial charge in [-0.1, -0.05) is 44.1 Å². The molecule has 0 spiro atoms. The van der Waals surface area contributed by atoms with Gasteiger partial charge in [0.1, 0.15) is 0 Å². The van der Waals surface area contributed by atoms with Crippen molar-refractivity contribution >= 4 is 12.6 Å². The van der Waals surface area contributed by atoms with Crippen molar-refractivity contribution in [2.75, 3.05) is 5.75 Å². The van der Waals surface area contributed by atoms with E-state index < -0.39 is 0 Å². The largest absolute Gasteiger partial charge is 0.175 e. The highest BCUT2D eigenvalue weighted by Gasteiger charge is 1.80. The molecule has 0 fully saturated rings. The zero-order chi connectivity index (χ0) is 9.07. The normalized spacial score (nSPS) is 11.8. The number of allylic oxidation sites excluding steroid dienone is 3. The first-order valence-corrected chi connectivity index (χ1v) is 5.46. The van der Waals surface area contributed by atoms with Crippen molar-refractivity contribution in [3.8, 4) is 0 Å². The summed E-state index contributed by atoms with van der Waals surface area (Å²) in [5, 5.41) is 0. The fourth-order valence-electron chi connectivity index (χ4n) is 0.976. The zero-order valence-corrected chi connectivity index (χ0v) is 8.89. The van der Waals surface area contributed by atoms with E-state index in [0.29, 0.717) is 0 Å². The molecule has 0 aliphatic carbocycles. The SMILES string of the molecule is CCCCCC=CCC=CCS. The molecule has 0 nitrogen and oxygen atoms in total. The Morgan fingerprint density at radius 3 is 2.42 bits per heavy atom. The molecule has 0 aromatic heterocycles. The van der Waals surface area contributed by atoms with E-state index in [1.165, 1.54) is 25.7 Å². The maximum Gasteiger partial charge on any atom is 0.00826 e. The Hall–Kier alpha value is -0.170. The molecule has 0 aliphatic rings. The Kier molecular flexibility index (Phi) is 10.7. The van der Waals surface area contributed by atoms with E-state index in [9.17, 15) is 0 Å². The van der Waals surface area contributed by atoms with Gasteiger partial charge in [0.2, 0.25) is 0 Å². The van der Waals surface area contributed by atoms with Crippen LogP contribution in [-0.2, 0) is 0 Å². The van der Waals surface area contributed by atoms with Crippen molar-refractivity contribution in [3.05, 3.63) is 24.3 Å². The van der Waals surface area contributed by atoms with Crippen LogP contribution in [0.4, 0.5) is 0 Å². The second kappa shape index (κ2) is 10.8. The maximum absolute atomic E-state index is 4.08. The topological polar surface area (TPSA) is 0 Å². The minimum absolute atomic E-state index is 0.851. The number of unbranched alkanes of at least 4 members (excludes halogenated alkanes) is 3. The van der Waals surface area contributed by atoms with Gasteiger partial charge in [-0.15, -0.1) is 0 Å². The summed E-state index contributed by atoms with van der Waals surface area (Å²) >= 11 is 4.08. The van der Waals surface area contributed by atoms with Crippen LogP contribution in [0.5, 0.6) is 0 Å². The molecule has 0 N–H and O–H groups in total. The van der Waals surface area contributed by atoms with Crippen LogP contribution in [0.25, 0.3) is 0 Å². The monoisotopic (exact) mass is 184 g/mol. The Labute approximate surface area is 82.2 Å². The van der Waals surface area contributed by atoms with Crippen molar-refractivity contribution in [1.29, 1.82) is 0 Å². The van der Waals surface area contributed by atoms with Gasteiger partial charge in [-0.05, 0) is 19.3 Å². The Bertz CT molecular complexity index is 125. The van der Waals surface area contributed by atoms with Crippen LogP contribution in [-0.4, -0.2) is 5.75 Å². The van der Waals surface area contributed by atoms with E-state index in [2.05, 4.69) is 43.9 Å². The van der Waals surface area contributed by atoms with E-state index >= 15 is 0 Å². The van der Waals surface area contributed by atoms with Crippen molar-refractivity contribution in [2.24, 2.45) is 0 Å². The molecule has 70 valence electrons. The third-order valence-electron chi connectivity index (χ3n) is 1.69. The molecule has 0 aliphatic heterocycles. The number of hydrogen-bond acceptors (Lipinski definition) is 1. The fraction of sp³-hybridized carbons (Fsp3) is 0.636. The Morgan fingerprint density at radius 2 is 1.75 bits per heavy atom. The van der Waals surface area contributed by atoms with E-state index in [1.807, 2.05) is 0 Å². The van der Waals surface area contributed by atoms with Gasteiger partial charge in [0, 0.05) is 5.75 Å². The summed E-state index contributed by atoms with van der Waals surface area (Å²) in [6, 6.07) is 0. The molecule has 0 saturated heterocycles. The van der Waals surface area contributed by atoms with Gasteiger partial charge in [0.25, 0.3) is 0 Å². The lowest BCUT2D eigenvalue weighted by atomic mass is 10.2. The van der Waals surface area contributed by atoms with Crippen molar-refractivity contribution in [3.63, 3.8) is 0 Å². The van der Waals surface area contributed by atoms with Crippen LogP contribution in [0.3, 0.4) is 0 Å². The first kappa shape index (κ1) is 11.8. The summed E-state index contributed by atoms with van der Waals surface area (Å²) in [5.41, 5.74) is 0. The molecule has 0 unspecified atom stereocenters. The molecule has 12 heavy (non-hydrogen) atoms. The Balaban J connectivity index is 3.08. The molecule has 0 bridgehead atoms. The summed E-state index contributed by atoms with van der Waals surface area (Å²) in [4.78, 5) is 0. The van der Waals surface area contributed by atoms with Crippen LogP contribution in [0.15, 0.2) is 24.3 Å². The average Bonchev–Trinajstić information content (AvgIpc) is 2.10. The van der Waals surface area contributed by atoms with Crippen LogP contribution >= 0.6 is 12.6 Å². The molecular formula is C11H20S. The quantitative estimate of drug-likeness (QED) is 0.345. The molecular weight excluding hydrogens is 164 g/mol. The standard InChI is InChI=1S/C11H20S/c1-2-3-4-5-6-7-8-9-10-11-12/h6-7,9-10,12H,2-5,8,11H2,1H3. The molecule has 0 aromatic carbocycles. The molecule has 0 atom stereocenters. The van der Waals surface area contributed by atoms with Gasteiger partial charge in [0.15, 0.2) is 0 Å². The third kappa shape index (κ3) is 9.83. The summed E-state index contributed by atoms with van der Waals surface area (Å²) in [6.45, 7) is 2.24. The van der Waals surface area contributed by atoms with E-state index in [0.717, 1.165) is 12.2 Å². The van der Waals surface area contributed by atoms with Gasteiger partial charge in [-0.2, -0.15) is 12.6 Å². The summed E-state index contributed by atoms with van der Waals surface area (Å²) in [5.74, 6) is 0.851. The second-order valence-electron chi connectivity index (χ2n) is 2.86.